The number of aliphatic hydroxyl groups excluding tert-OH is 1. The summed E-state index contributed by atoms with van der Waals surface area (Å²) in [5, 5.41) is 16.1. The van der Waals surface area contributed by atoms with Crippen molar-refractivity contribution in [2.45, 2.75) is 44.2 Å². The zero-order valence-corrected chi connectivity index (χ0v) is 19.9. The first-order valence-electron chi connectivity index (χ1n) is 12.7. The van der Waals surface area contributed by atoms with Crippen LogP contribution in [0.4, 0.5) is 17.2 Å². The number of nitrogens with one attached hydrogen (secondary N) is 2. The molecule has 0 atom stereocenters. The average molecular weight is 481 g/mol. The third kappa shape index (κ3) is 3.69. The first-order valence-corrected chi connectivity index (χ1v) is 12.7. The fraction of sp³-hybridized carbons (Fsp3) is 0.321. The topological polar surface area (TPSA) is 94.8 Å². The number of aromatic nitrogens is 3. The second kappa shape index (κ2) is 8.34. The molecule has 1 saturated carbocycles. The molecule has 182 valence electrons. The zero-order valence-electron chi connectivity index (χ0n) is 19.9. The number of pyridine rings is 2. The van der Waals surface area contributed by atoms with E-state index in [4.69, 9.17) is 0 Å². The number of carbonyl (C=O) groups excluding carboxylic acids is 1. The second-order valence-corrected chi connectivity index (χ2v) is 10.0. The molecule has 8 heteroatoms. The number of anilines is 3. The summed E-state index contributed by atoms with van der Waals surface area (Å²) in [4.78, 5) is 24.4. The van der Waals surface area contributed by atoms with E-state index in [2.05, 4.69) is 54.3 Å². The van der Waals surface area contributed by atoms with Gasteiger partial charge in [-0.05, 0) is 73.1 Å². The Morgan fingerprint density at radius 3 is 2.64 bits per heavy atom. The van der Waals surface area contributed by atoms with Crippen LogP contribution in [0.2, 0.25) is 0 Å². The first-order chi connectivity index (χ1) is 17.6. The van der Waals surface area contributed by atoms with E-state index < -0.39 is 0 Å². The van der Waals surface area contributed by atoms with Crippen LogP contribution in [0.5, 0.6) is 0 Å². The maximum absolute atomic E-state index is 12.9. The van der Waals surface area contributed by atoms with Crippen LogP contribution in [0.1, 0.15) is 53.1 Å². The third-order valence-corrected chi connectivity index (χ3v) is 7.67. The fourth-order valence-corrected chi connectivity index (χ4v) is 5.47. The summed E-state index contributed by atoms with van der Waals surface area (Å²) in [6, 6.07) is 12.4. The summed E-state index contributed by atoms with van der Waals surface area (Å²) in [6.07, 6.45) is 9.73. The van der Waals surface area contributed by atoms with Crippen molar-refractivity contribution in [3.05, 3.63) is 71.7 Å². The lowest BCUT2D eigenvalue weighted by molar-refractivity contribution is 0.0966. The quantitative estimate of drug-likeness (QED) is 0.396. The number of fused-ring (bicyclic) bond motifs is 2. The zero-order chi connectivity index (χ0) is 24.2. The Morgan fingerprint density at radius 2 is 1.86 bits per heavy atom. The molecule has 8 nitrogen and oxygen atoms in total. The molecule has 0 unspecified atom stereocenters. The van der Waals surface area contributed by atoms with E-state index >= 15 is 0 Å². The molecule has 36 heavy (non-hydrogen) atoms. The Kier molecular flexibility index (Phi) is 4.95. The molecule has 3 aromatic heterocycles. The average Bonchev–Trinajstić information content (AvgIpc) is 3.56. The number of rotatable bonds is 5. The number of piperidine rings is 1. The van der Waals surface area contributed by atoms with Gasteiger partial charge in [0.15, 0.2) is 0 Å². The minimum absolute atomic E-state index is 0.0808. The molecule has 2 aliphatic heterocycles. The van der Waals surface area contributed by atoms with Crippen LogP contribution in [0, 0.1) is 0 Å². The highest BCUT2D eigenvalue weighted by Crippen LogP contribution is 2.41. The standard InChI is InChI=1S/C28H28N6O2/c35-20-8-10-33(11-9-20)19-3-6-25(29-14-19)32-23-5-4-21(22-15-31-28(36)27(22)23)24-16-30-26-13-18(17-1-2-17)7-12-34(24)26/h3-7,12-14,16-17,20,35H,1-2,8-11,15H2,(H,29,32)(H,31,36). The van der Waals surface area contributed by atoms with Crippen molar-refractivity contribution in [3.8, 4) is 11.3 Å². The second-order valence-electron chi connectivity index (χ2n) is 10.0. The Morgan fingerprint density at radius 1 is 1.00 bits per heavy atom. The number of benzene rings is 1. The predicted octanol–water partition coefficient (Wildman–Crippen LogP) is 4.22. The molecule has 1 aliphatic carbocycles. The van der Waals surface area contributed by atoms with E-state index in [9.17, 15) is 9.90 Å². The summed E-state index contributed by atoms with van der Waals surface area (Å²) in [5.41, 5.74) is 7.72. The number of carbonyl (C=O) groups is 1. The molecule has 7 rings (SSSR count). The van der Waals surface area contributed by atoms with Gasteiger partial charge in [0.25, 0.3) is 5.91 Å². The highest BCUT2D eigenvalue weighted by Gasteiger charge is 2.28. The Bertz CT molecular complexity index is 1470. The van der Waals surface area contributed by atoms with Crippen molar-refractivity contribution in [3.63, 3.8) is 0 Å². The summed E-state index contributed by atoms with van der Waals surface area (Å²) in [6.45, 7) is 2.14. The Labute approximate surface area is 209 Å². The van der Waals surface area contributed by atoms with Gasteiger partial charge in [0.05, 0.1) is 41.1 Å². The van der Waals surface area contributed by atoms with Gasteiger partial charge < -0.3 is 20.6 Å². The molecule has 2 fully saturated rings. The first kappa shape index (κ1) is 21.4. The van der Waals surface area contributed by atoms with Crippen LogP contribution in [-0.2, 0) is 6.54 Å². The van der Waals surface area contributed by atoms with Crippen molar-refractivity contribution in [1.29, 1.82) is 0 Å². The molecule has 1 saturated heterocycles. The van der Waals surface area contributed by atoms with Gasteiger partial charge >= 0.3 is 0 Å². The number of imidazole rings is 1. The van der Waals surface area contributed by atoms with Gasteiger partial charge in [-0.15, -0.1) is 0 Å². The Balaban J connectivity index is 1.18. The van der Waals surface area contributed by atoms with E-state index in [1.807, 2.05) is 30.6 Å². The van der Waals surface area contributed by atoms with Gasteiger partial charge in [-0.2, -0.15) is 0 Å². The van der Waals surface area contributed by atoms with Crippen molar-refractivity contribution in [2.24, 2.45) is 0 Å². The maximum atomic E-state index is 12.9. The lowest BCUT2D eigenvalue weighted by Crippen LogP contribution is -2.35. The monoisotopic (exact) mass is 480 g/mol. The van der Waals surface area contributed by atoms with Crippen LogP contribution in [-0.4, -0.2) is 44.6 Å². The number of aliphatic hydroxyl groups is 1. The Hall–Kier alpha value is -3.91. The molecule has 3 N–H and O–H groups in total. The lowest BCUT2D eigenvalue weighted by Gasteiger charge is -2.31. The van der Waals surface area contributed by atoms with Gasteiger partial charge in [0.1, 0.15) is 11.5 Å². The SMILES string of the molecule is O=C1NCc2c(-c3cnc4cc(C5CC5)ccn34)ccc(Nc3ccc(N4CCC(O)CC4)cn3)c21. The van der Waals surface area contributed by atoms with Crippen LogP contribution >= 0.6 is 0 Å². The molecule has 0 radical (unpaired) electrons. The lowest BCUT2D eigenvalue weighted by atomic mass is 9.99. The van der Waals surface area contributed by atoms with Crippen LogP contribution in [0.15, 0.2) is 55.0 Å². The van der Waals surface area contributed by atoms with Crippen LogP contribution in [0.3, 0.4) is 0 Å². The van der Waals surface area contributed by atoms with E-state index in [0.717, 1.165) is 59.8 Å². The summed E-state index contributed by atoms with van der Waals surface area (Å²) in [5.74, 6) is 1.29. The molecule has 1 aromatic carbocycles. The predicted molar refractivity (Wildman–Crippen MR) is 139 cm³/mol. The normalized spacial score (nSPS) is 17.9. The molecule has 0 bridgehead atoms. The molecular formula is C28H28N6O2. The number of hydrogen-bond donors (Lipinski definition) is 3. The van der Waals surface area contributed by atoms with Gasteiger partial charge in [-0.1, -0.05) is 6.07 Å². The van der Waals surface area contributed by atoms with Crippen molar-refractivity contribution in [2.75, 3.05) is 23.3 Å². The van der Waals surface area contributed by atoms with Gasteiger partial charge in [0, 0.05) is 31.4 Å². The minimum Gasteiger partial charge on any atom is -0.393 e. The molecule has 1 amide bonds. The number of hydrogen-bond acceptors (Lipinski definition) is 6. The fourth-order valence-electron chi connectivity index (χ4n) is 5.47. The highest BCUT2D eigenvalue weighted by molar-refractivity contribution is 6.06. The smallest absolute Gasteiger partial charge is 0.254 e. The molecule has 0 spiro atoms. The van der Waals surface area contributed by atoms with E-state index in [0.29, 0.717) is 23.8 Å². The largest absolute Gasteiger partial charge is 0.393 e. The summed E-state index contributed by atoms with van der Waals surface area (Å²) < 4.78 is 2.11. The number of amides is 1. The molecule has 3 aliphatic rings. The number of nitrogens with zero attached hydrogens (tertiary/aromatic N) is 4. The molecule has 5 heterocycles. The van der Waals surface area contributed by atoms with Crippen molar-refractivity contribution >= 4 is 28.7 Å². The van der Waals surface area contributed by atoms with E-state index in [-0.39, 0.29) is 12.0 Å². The van der Waals surface area contributed by atoms with Crippen LogP contribution < -0.4 is 15.5 Å². The maximum Gasteiger partial charge on any atom is 0.254 e. The van der Waals surface area contributed by atoms with E-state index in [1.54, 1.807) is 0 Å². The highest BCUT2D eigenvalue weighted by atomic mass is 16.3. The van der Waals surface area contributed by atoms with E-state index in [1.165, 1.54) is 18.4 Å². The van der Waals surface area contributed by atoms with Crippen molar-refractivity contribution in [1.82, 2.24) is 19.7 Å². The third-order valence-electron chi connectivity index (χ3n) is 7.67. The van der Waals surface area contributed by atoms with Gasteiger partial charge in [0.2, 0.25) is 0 Å². The van der Waals surface area contributed by atoms with Crippen LogP contribution in [0.25, 0.3) is 16.9 Å². The van der Waals surface area contributed by atoms with Gasteiger partial charge in [-0.25, -0.2) is 9.97 Å². The minimum atomic E-state index is -0.202. The summed E-state index contributed by atoms with van der Waals surface area (Å²) in [7, 11) is 0. The summed E-state index contributed by atoms with van der Waals surface area (Å²) >= 11 is 0. The molecule has 4 aromatic rings. The molecular weight excluding hydrogens is 452 g/mol. The van der Waals surface area contributed by atoms with Crippen molar-refractivity contribution < 1.29 is 9.90 Å². The van der Waals surface area contributed by atoms with Gasteiger partial charge in [-0.3, -0.25) is 9.20 Å².